The quantitative estimate of drug-likeness (QED) is 0.673. The summed E-state index contributed by atoms with van der Waals surface area (Å²) in [5.41, 5.74) is 0. The van der Waals surface area contributed by atoms with Crippen molar-refractivity contribution in [3.05, 3.63) is 54.6 Å². The van der Waals surface area contributed by atoms with E-state index in [1.165, 1.54) is 0 Å². The van der Waals surface area contributed by atoms with E-state index in [-0.39, 0.29) is 6.09 Å². The van der Waals surface area contributed by atoms with E-state index in [0.717, 1.165) is 51.3 Å². The molecule has 2 aromatic carbocycles. The monoisotopic (exact) mass is 382 g/mol. The van der Waals surface area contributed by atoms with Crippen LogP contribution in [0.25, 0.3) is 0 Å². The van der Waals surface area contributed by atoms with Crippen molar-refractivity contribution in [1.29, 1.82) is 0 Å². The molecule has 0 unspecified atom stereocenters. The van der Waals surface area contributed by atoms with Gasteiger partial charge in [-0.05, 0) is 68.2 Å². The van der Waals surface area contributed by atoms with Crippen molar-refractivity contribution in [2.45, 2.75) is 26.7 Å². The van der Waals surface area contributed by atoms with E-state index >= 15 is 0 Å². The largest absolute Gasteiger partial charge is 0.457 e. The van der Waals surface area contributed by atoms with Crippen LogP contribution < -0.4 is 9.47 Å². The van der Waals surface area contributed by atoms with E-state index in [4.69, 9.17) is 9.47 Å². The number of rotatable bonds is 7. The summed E-state index contributed by atoms with van der Waals surface area (Å²) in [5, 5.41) is 0. The number of hydrogen-bond acceptors (Lipinski definition) is 4. The van der Waals surface area contributed by atoms with Crippen LogP contribution in [-0.4, -0.2) is 48.6 Å². The molecular weight excluding hydrogens is 352 g/mol. The van der Waals surface area contributed by atoms with Gasteiger partial charge in [-0.15, -0.1) is 0 Å². The van der Waals surface area contributed by atoms with E-state index < -0.39 is 0 Å². The number of likely N-dealkylation sites (tertiary alicyclic amines) is 1. The smallest absolute Gasteiger partial charge is 0.415 e. The zero-order chi connectivity index (χ0) is 19.8. The Labute approximate surface area is 167 Å². The first kappa shape index (κ1) is 20.2. The van der Waals surface area contributed by atoms with Gasteiger partial charge in [0.25, 0.3) is 0 Å². The number of amides is 1. The summed E-state index contributed by atoms with van der Waals surface area (Å²) >= 11 is 0. The van der Waals surface area contributed by atoms with Crippen LogP contribution in [0.3, 0.4) is 0 Å². The highest BCUT2D eigenvalue weighted by atomic mass is 16.6. The number of carbonyl (C=O) groups excluding carboxylic acids is 1. The molecule has 1 amide bonds. The van der Waals surface area contributed by atoms with Gasteiger partial charge in [0.2, 0.25) is 0 Å². The van der Waals surface area contributed by atoms with Crippen LogP contribution in [0.5, 0.6) is 17.2 Å². The van der Waals surface area contributed by atoms with Crippen molar-refractivity contribution >= 4 is 6.09 Å². The molecule has 0 aliphatic carbocycles. The van der Waals surface area contributed by atoms with Gasteiger partial charge in [-0.25, -0.2) is 4.79 Å². The summed E-state index contributed by atoms with van der Waals surface area (Å²) in [4.78, 5) is 16.7. The van der Waals surface area contributed by atoms with Gasteiger partial charge < -0.3 is 19.3 Å². The Morgan fingerprint density at radius 1 is 0.929 bits per heavy atom. The Hall–Kier alpha value is -2.53. The Morgan fingerprint density at radius 2 is 1.50 bits per heavy atom. The normalized spacial score (nSPS) is 14.9. The van der Waals surface area contributed by atoms with Gasteiger partial charge in [0.05, 0.1) is 0 Å². The number of benzene rings is 2. The third-order valence-corrected chi connectivity index (χ3v) is 5.29. The summed E-state index contributed by atoms with van der Waals surface area (Å²) < 4.78 is 11.3. The molecule has 1 heterocycles. The Bertz CT molecular complexity index is 721. The minimum atomic E-state index is -0.266. The number of hydrogen-bond donors (Lipinski definition) is 0. The molecule has 3 rings (SSSR count). The molecule has 0 aromatic heterocycles. The first-order valence-corrected chi connectivity index (χ1v) is 10.2. The number of nitrogens with zero attached hydrogens (tertiary/aromatic N) is 2. The van der Waals surface area contributed by atoms with E-state index in [9.17, 15) is 4.79 Å². The number of carbonyl (C=O) groups is 1. The predicted octanol–water partition coefficient (Wildman–Crippen LogP) is 5.03. The highest BCUT2D eigenvalue weighted by Gasteiger charge is 2.25. The zero-order valence-corrected chi connectivity index (χ0v) is 16.8. The minimum absolute atomic E-state index is 0.266. The minimum Gasteiger partial charge on any atom is -0.457 e. The van der Waals surface area contributed by atoms with Gasteiger partial charge >= 0.3 is 6.09 Å². The number of para-hydroxylation sites is 1. The second-order valence-electron chi connectivity index (χ2n) is 7.17. The first-order valence-electron chi connectivity index (χ1n) is 10.2. The molecule has 0 bridgehead atoms. The van der Waals surface area contributed by atoms with Crippen LogP contribution in [0.15, 0.2) is 54.6 Å². The second-order valence-corrected chi connectivity index (χ2v) is 7.17. The third-order valence-electron chi connectivity index (χ3n) is 5.29. The molecule has 1 aliphatic heterocycles. The fourth-order valence-electron chi connectivity index (χ4n) is 3.51. The summed E-state index contributed by atoms with van der Waals surface area (Å²) in [6, 6.07) is 16.8. The molecule has 2 aromatic rings. The number of ether oxygens (including phenoxy) is 2. The highest BCUT2D eigenvalue weighted by molar-refractivity contribution is 5.70. The maximum Gasteiger partial charge on any atom is 0.415 e. The topological polar surface area (TPSA) is 42.0 Å². The molecule has 150 valence electrons. The maximum absolute atomic E-state index is 12.4. The lowest BCUT2D eigenvalue weighted by Crippen LogP contribution is -2.42. The summed E-state index contributed by atoms with van der Waals surface area (Å²) in [5.74, 6) is 2.69. The highest BCUT2D eigenvalue weighted by Crippen LogP contribution is 2.24. The van der Waals surface area contributed by atoms with Gasteiger partial charge in [-0.1, -0.05) is 32.0 Å². The fourth-order valence-corrected chi connectivity index (χ4v) is 3.51. The predicted molar refractivity (Wildman–Crippen MR) is 111 cm³/mol. The van der Waals surface area contributed by atoms with Crippen molar-refractivity contribution in [1.82, 2.24) is 9.80 Å². The average Bonchev–Trinajstić information content (AvgIpc) is 2.74. The molecule has 0 spiro atoms. The van der Waals surface area contributed by atoms with Gasteiger partial charge in [0.1, 0.15) is 17.2 Å². The van der Waals surface area contributed by atoms with Crippen LogP contribution >= 0.6 is 0 Å². The number of piperidine rings is 1. The fraction of sp³-hybridized carbons (Fsp3) is 0.435. The third kappa shape index (κ3) is 5.73. The second kappa shape index (κ2) is 10.1. The van der Waals surface area contributed by atoms with E-state index in [2.05, 4.69) is 18.7 Å². The van der Waals surface area contributed by atoms with E-state index in [1.54, 1.807) is 12.1 Å². The van der Waals surface area contributed by atoms with Gasteiger partial charge in [-0.3, -0.25) is 0 Å². The molecule has 0 radical (unpaired) electrons. The van der Waals surface area contributed by atoms with Crippen LogP contribution in [0.2, 0.25) is 0 Å². The molecule has 1 aliphatic rings. The molecule has 1 saturated heterocycles. The van der Waals surface area contributed by atoms with Gasteiger partial charge in [0, 0.05) is 19.6 Å². The lowest BCUT2D eigenvalue weighted by molar-refractivity contribution is 0.120. The average molecular weight is 383 g/mol. The van der Waals surface area contributed by atoms with Crippen molar-refractivity contribution < 1.29 is 14.3 Å². The van der Waals surface area contributed by atoms with Gasteiger partial charge in [0.15, 0.2) is 0 Å². The van der Waals surface area contributed by atoms with Crippen LogP contribution in [0, 0.1) is 5.92 Å². The lowest BCUT2D eigenvalue weighted by atomic mass is 9.96. The van der Waals surface area contributed by atoms with E-state index in [1.807, 2.05) is 47.4 Å². The molecular formula is C23H30N2O3. The SMILES string of the molecule is CCN(CC)CC1CCN(C(=O)Oc2ccc(Oc3ccccc3)cc2)CC1. The lowest BCUT2D eigenvalue weighted by Gasteiger charge is -2.33. The molecule has 1 fully saturated rings. The molecule has 5 nitrogen and oxygen atoms in total. The van der Waals surface area contributed by atoms with Crippen molar-refractivity contribution in [3.63, 3.8) is 0 Å². The van der Waals surface area contributed by atoms with Crippen molar-refractivity contribution in [3.8, 4) is 17.2 Å². The van der Waals surface area contributed by atoms with Crippen molar-refractivity contribution in [2.24, 2.45) is 5.92 Å². The standard InChI is InChI=1S/C23H30N2O3/c1-3-24(4-2)18-19-14-16-25(17-15-19)23(26)28-22-12-10-21(11-13-22)27-20-8-6-5-7-9-20/h5-13,19H,3-4,14-18H2,1-2H3. The van der Waals surface area contributed by atoms with Crippen LogP contribution in [0.1, 0.15) is 26.7 Å². The summed E-state index contributed by atoms with van der Waals surface area (Å²) in [6.07, 6.45) is 1.81. The summed E-state index contributed by atoms with van der Waals surface area (Å²) in [7, 11) is 0. The van der Waals surface area contributed by atoms with E-state index in [0.29, 0.717) is 17.4 Å². The molecule has 0 atom stereocenters. The van der Waals surface area contributed by atoms with Crippen LogP contribution in [0.4, 0.5) is 4.79 Å². The Balaban J connectivity index is 1.46. The van der Waals surface area contributed by atoms with Crippen LogP contribution in [-0.2, 0) is 0 Å². The Kier molecular flexibility index (Phi) is 7.31. The molecule has 0 saturated carbocycles. The molecule has 0 N–H and O–H groups in total. The maximum atomic E-state index is 12.4. The van der Waals surface area contributed by atoms with Crippen molar-refractivity contribution in [2.75, 3.05) is 32.7 Å². The summed E-state index contributed by atoms with van der Waals surface area (Å²) in [6.45, 7) is 9.22. The zero-order valence-electron chi connectivity index (χ0n) is 16.8. The molecule has 28 heavy (non-hydrogen) atoms. The van der Waals surface area contributed by atoms with Gasteiger partial charge in [-0.2, -0.15) is 0 Å². The molecule has 5 heteroatoms. The first-order chi connectivity index (χ1) is 13.7. The Morgan fingerprint density at radius 3 is 2.11 bits per heavy atom.